The molecule has 4 heteroatoms. The number of hydrogen-bond donors (Lipinski definition) is 1. The maximum Gasteiger partial charge on any atom is 0.177 e. The van der Waals surface area contributed by atoms with Gasteiger partial charge in [-0.3, -0.25) is 0 Å². The number of H-pyrrole nitrogens is 1. The Labute approximate surface area is 149 Å². The van der Waals surface area contributed by atoms with Gasteiger partial charge in [-0.25, -0.2) is 0 Å². The Bertz CT molecular complexity index is 351. The third-order valence-electron chi connectivity index (χ3n) is 5.13. The lowest BCUT2D eigenvalue weighted by atomic mass is 9.97. The van der Waals surface area contributed by atoms with Gasteiger partial charge in [0.15, 0.2) is 5.82 Å². The molecule has 140 valence electrons. The van der Waals surface area contributed by atoms with E-state index in [1.165, 1.54) is 96.3 Å². The summed E-state index contributed by atoms with van der Waals surface area (Å²) >= 11 is 0. The van der Waals surface area contributed by atoms with E-state index in [0.29, 0.717) is 5.92 Å². The van der Waals surface area contributed by atoms with Gasteiger partial charge in [-0.1, -0.05) is 109 Å². The van der Waals surface area contributed by atoms with Gasteiger partial charge in [-0.15, -0.1) is 10.2 Å². The number of nitrogens with zero attached hydrogens (tertiary/aromatic N) is 3. The van der Waals surface area contributed by atoms with Crippen LogP contribution in [-0.2, 0) is 0 Å². The van der Waals surface area contributed by atoms with Crippen molar-refractivity contribution in [3.8, 4) is 0 Å². The van der Waals surface area contributed by atoms with E-state index in [9.17, 15) is 0 Å². The van der Waals surface area contributed by atoms with Crippen molar-refractivity contribution in [2.75, 3.05) is 0 Å². The quantitative estimate of drug-likeness (QED) is 0.327. The molecule has 24 heavy (non-hydrogen) atoms. The van der Waals surface area contributed by atoms with Crippen LogP contribution in [0.4, 0.5) is 0 Å². The minimum absolute atomic E-state index is 0.487. The van der Waals surface area contributed by atoms with Gasteiger partial charge in [-0.05, 0) is 12.8 Å². The van der Waals surface area contributed by atoms with Gasteiger partial charge >= 0.3 is 0 Å². The molecule has 0 aromatic carbocycles. The molecule has 0 aliphatic rings. The van der Waals surface area contributed by atoms with E-state index >= 15 is 0 Å². The highest BCUT2D eigenvalue weighted by Gasteiger charge is 2.13. The Morgan fingerprint density at radius 1 is 0.708 bits per heavy atom. The predicted octanol–water partition coefficient (Wildman–Crippen LogP) is 6.56. The van der Waals surface area contributed by atoms with Crippen molar-refractivity contribution in [2.24, 2.45) is 0 Å². The molecule has 1 N–H and O–H groups in total. The second kappa shape index (κ2) is 15.6. The van der Waals surface area contributed by atoms with Crippen molar-refractivity contribution < 1.29 is 0 Å². The standard InChI is InChI=1S/C20H40N4/c1-3-5-6-7-8-9-10-11-12-13-14-15-16-17-18-19(4-2)20-21-23-24-22-20/h19H,3-18H2,1-2H3,(H,21,22,23,24). The highest BCUT2D eigenvalue weighted by atomic mass is 15.5. The lowest BCUT2D eigenvalue weighted by Crippen LogP contribution is -2.00. The molecule has 1 heterocycles. The molecule has 0 amide bonds. The first-order valence-corrected chi connectivity index (χ1v) is 10.6. The first kappa shape index (κ1) is 21.1. The van der Waals surface area contributed by atoms with Crippen LogP contribution in [0.2, 0.25) is 0 Å². The lowest BCUT2D eigenvalue weighted by Gasteiger charge is -2.09. The maximum absolute atomic E-state index is 4.12. The Kier molecular flexibility index (Phi) is 13.7. The SMILES string of the molecule is CCCCCCCCCCCCCCCCC(CC)c1nn[nH]n1. The van der Waals surface area contributed by atoms with Gasteiger partial charge in [-0.2, -0.15) is 5.21 Å². The second-order valence-electron chi connectivity index (χ2n) is 7.26. The van der Waals surface area contributed by atoms with Gasteiger partial charge in [0.05, 0.1) is 0 Å². The monoisotopic (exact) mass is 336 g/mol. The van der Waals surface area contributed by atoms with Crippen LogP contribution >= 0.6 is 0 Å². The van der Waals surface area contributed by atoms with E-state index in [0.717, 1.165) is 12.2 Å². The number of aromatic amines is 1. The molecule has 0 spiro atoms. The lowest BCUT2D eigenvalue weighted by molar-refractivity contribution is 0.503. The van der Waals surface area contributed by atoms with E-state index in [1.807, 2.05) is 0 Å². The molecule has 1 unspecified atom stereocenters. The molecule has 1 rings (SSSR count). The van der Waals surface area contributed by atoms with Crippen molar-refractivity contribution in [3.63, 3.8) is 0 Å². The van der Waals surface area contributed by atoms with Crippen molar-refractivity contribution in [1.29, 1.82) is 0 Å². The molecule has 1 aromatic heterocycles. The minimum Gasteiger partial charge on any atom is -0.177 e. The van der Waals surface area contributed by atoms with Crippen LogP contribution in [0.5, 0.6) is 0 Å². The van der Waals surface area contributed by atoms with Crippen molar-refractivity contribution in [2.45, 2.75) is 122 Å². The van der Waals surface area contributed by atoms with Crippen molar-refractivity contribution in [3.05, 3.63) is 5.82 Å². The second-order valence-corrected chi connectivity index (χ2v) is 7.26. The molecule has 0 aliphatic heterocycles. The minimum atomic E-state index is 0.487. The summed E-state index contributed by atoms with van der Waals surface area (Å²) in [5, 5.41) is 14.5. The molecule has 0 saturated carbocycles. The zero-order chi connectivity index (χ0) is 17.3. The summed E-state index contributed by atoms with van der Waals surface area (Å²) in [5.41, 5.74) is 0. The van der Waals surface area contributed by atoms with E-state index in [-0.39, 0.29) is 0 Å². The van der Waals surface area contributed by atoms with Gasteiger partial charge in [0.1, 0.15) is 0 Å². The third-order valence-corrected chi connectivity index (χ3v) is 5.13. The summed E-state index contributed by atoms with van der Waals surface area (Å²) in [6.07, 6.45) is 22.1. The molecular formula is C20H40N4. The predicted molar refractivity (Wildman–Crippen MR) is 102 cm³/mol. The molecule has 0 aliphatic carbocycles. The summed E-state index contributed by atoms with van der Waals surface area (Å²) in [6, 6.07) is 0. The molecule has 1 aromatic rings. The molecule has 1 atom stereocenters. The van der Waals surface area contributed by atoms with E-state index in [4.69, 9.17) is 0 Å². The molecule has 0 radical (unpaired) electrons. The fourth-order valence-electron chi connectivity index (χ4n) is 3.44. The topological polar surface area (TPSA) is 54.5 Å². The van der Waals surface area contributed by atoms with Gasteiger partial charge < -0.3 is 0 Å². The zero-order valence-corrected chi connectivity index (χ0v) is 16.2. The summed E-state index contributed by atoms with van der Waals surface area (Å²) in [7, 11) is 0. The van der Waals surface area contributed by atoms with Crippen LogP contribution in [-0.4, -0.2) is 20.6 Å². The maximum atomic E-state index is 4.12. The highest BCUT2D eigenvalue weighted by Crippen LogP contribution is 2.22. The average molecular weight is 337 g/mol. The fraction of sp³-hybridized carbons (Fsp3) is 0.950. The zero-order valence-electron chi connectivity index (χ0n) is 16.2. The molecule has 0 fully saturated rings. The Morgan fingerprint density at radius 2 is 1.21 bits per heavy atom. The van der Waals surface area contributed by atoms with Crippen LogP contribution in [0.1, 0.15) is 128 Å². The van der Waals surface area contributed by atoms with Gasteiger partial charge in [0, 0.05) is 5.92 Å². The van der Waals surface area contributed by atoms with E-state index in [1.54, 1.807) is 0 Å². The highest BCUT2D eigenvalue weighted by molar-refractivity contribution is 4.89. The number of unbranched alkanes of at least 4 members (excludes halogenated alkanes) is 13. The van der Waals surface area contributed by atoms with Crippen LogP contribution in [0, 0.1) is 0 Å². The molecule has 4 nitrogen and oxygen atoms in total. The molecular weight excluding hydrogens is 296 g/mol. The largest absolute Gasteiger partial charge is 0.177 e. The third kappa shape index (κ3) is 10.8. The first-order chi connectivity index (χ1) is 11.9. The smallest absolute Gasteiger partial charge is 0.177 e. The summed E-state index contributed by atoms with van der Waals surface area (Å²) in [6.45, 7) is 4.50. The normalized spacial score (nSPS) is 12.6. The van der Waals surface area contributed by atoms with Crippen LogP contribution in [0.15, 0.2) is 0 Å². The van der Waals surface area contributed by atoms with E-state index in [2.05, 4.69) is 34.5 Å². The summed E-state index contributed by atoms with van der Waals surface area (Å²) < 4.78 is 0. The molecule has 0 saturated heterocycles. The molecule has 0 bridgehead atoms. The van der Waals surface area contributed by atoms with Crippen LogP contribution in [0.3, 0.4) is 0 Å². The van der Waals surface area contributed by atoms with E-state index < -0.39 is 0 Å². The fourth-order valence-corrected chi connectivity index (χ4v) is 3.44. The Hall–Kier alpha value is -0.930. The first-order valence-electron chi connectivity index (χ1n) is 10.6. The number of aromatic nitrogens is 4. The number of tetrazole rings is 1. The average Bonchev–Trinajstić information content (AvgIpc) is 3.13. The Morgan fingerprint density at radius 3 is 1.62 bits per heavy atom. The summed E-state index contributed by atoms with van der Waals surface area (Å²) in [5.74, 6) is 1.38. The number of hydrogen-bond acceptors (Lipinski definition) is 3. The van der Waals surface area contributed by atoms with Crippen molar-refractivity contribution in [1.82, 2.24) is 20.6 Å². The van der Waals surface area contributed by atoms with Gasteiger partial charge in [0.2, 0.25) is 0 Å². The number of rotatable bonds is 17. The summed E-state index contributed by atoms with van der Waals surface area (Å²) in [4.78, 5) is 0. The van der Waals surface area contributed by atoms with Crippen molar-refractivity contribution >= 4 is 0 Å². The Balaban J connectivity index is 1.80. The van der Waals surface area contributed by atoms with Crippen LogP contribution in [0.25, 0.3) is 0 Å². The van der Waals surface area contributed by atoms with Gasteiger partial charge in [0.25, 0.3) is 0 Å². The van der Waals surface area contributed by atoms with Crippen LogP contribution < -0.4 is 0 Å². The number of nitrogens with one attached hydrogen (secondary N) is 1.